The summed E-state index contributed by atoms with van der Waals surface area (Å²) in [4.78, 5) is 9.61. The number of amides is 1. The SMILES string of the molecule is NN(C(=O)O)S(=O)(=O)O.[KH]. The summed E-state index contributed by atoms with van der Waals surface area (Å²) in [5, 5.41) is 7.78. The minimum atomic E-state index is -4.79. The van der Waals surface area contributed by atoms with Gasteiger partial charge in [0.2, 0.25) is 0 Å². The topological polar surface area (TPSA) is 121 Å². The first kappa shape index (κ1) is 13.4. The molecule has 7 nitrogen and oxygen atoms in total. The fourth-order valence-electron chi connectivity index (χ4n) is 0.0987. The maximum absolute atomic E-state index is 9.75. The molecule has 0 saturated heterocycles. The van der Waals surface area contributed by atoms with Crippen LogP contribution in [0.1, 0.15) is 0 Å². The van der Waals surface area contributed by atoms with E-state index < -0.39 is 20.8 Å². The summed E-state index contributed by atoms with van der Waals surface area (Å²) < 4.78 is 26.6. The Hall–Kier alpha value is 0.776. The zero-order valence-electron chi connectivity index (χ0n) is 4.05. The standard InChI is InChI=1S/CH4N2O5S.K.H/c2-3(1(4)5)9(6,7)8;;/h2H2,(H,4,5)(H,6,7,8);;. The number of rotatable bonds is 1. The summed E-state index contributed by atoms with van der Waals surface area (Å²) in [6.07, 6.45) is -1.95. The van der Waals surface area contributed by atoms with Crippen LogP contribution < -0.4 is 5.84 Å². The van der Waals surface area contributed by atoms with Crippen LogP contribution >= 0.6 is 0 Å². The van der Waals surface area contributed by atoms with Gasteiger partial charge in [0, 0.05) is 0 Å². The van der Waals surface area contributed by atoms with Crippen LogP contribution in [0.5, 0.6) is 0 Å². The third kappa shape index (κ3) is 4.57. The summed E-state index contributed by atoms with van der Waals surface area (Å²) >= 11 is 0. The van der Waals surface area contributed by atoms with Gasteiger partial charge in [0.1, 0.15) is 0 Å². The normalized spacial score (nSPS) is 9.80. The predicted molar refractivity (Wildman–Crippen MR) is 32.7 cm³/mol. The fourth-order valence-corrected chi connectivity index (χ4v) is 0.296. The third-order valence-corrected chi connectivity index (χ3v) is 1.09. The average Bonchev–Trinajstić information content (AvgIpc) is 1.62. The molecule has 0 fully saturated rings. The molecule has 1 amide bonds. The van der Waals surface area contributed by atoms with Gasteiger partial charge in [-0.2, -0.15) is 8.42 Å². The van der Waals surface area contributed by atoms with E-state index in [4.69, 9.17) is 9.66 Å². The van der Waals surface area contributed by atoms with Crippen molar-refractivity contribution in [3.05, 3.63) is 0 Å². The van der Waals surface area contributed by atoms with E-state index in [-0.39, 0.29) is 51.4 Å². The van der Waals surface area contributed by atoms with Gasteiger partial charge in [0.15, 0.2) is 0 Å². The van der Waals surface area contributed by atoms with Crippen LogP contribution in [0.25, 0.3) is 0 Å². The fraction of sp³-hybridized carbons (Fsp3) is 0. The molecule has 0 radical (unpaired) electrons. The number of nitrogens with zero attached hydrogens (tertiary/aromatic N) is 1. The molecule has 10 heavy (non-hydrogen) atoms. The number of nitrogens with two attached hydrogens (primary N) is 1. The van der Waals surface area contributed by atoms with E-state index in [9.17, 15) is 13.2 Å². The van der Waals surface area contributed by atoms with Crippen molar-refractivity contribution in [2.24, 2.45) is 5.84 Å². The van der Waals surface area contributed by atoms with E-state index in [0.717, 1.165) is 0 Å². The van der Waals surface area contributed by atoms with E-state index in [2.05, 4.69) is 5.84 Å². The van der Waals surface area contributed by atoms with Crippen LogP contribution in [0.2, 0.25) is 0 Å². The quantitative estimate of drug-likeness (QED) is 0.146. The Balaban J connectivity index is 0. The molecule has 0 heterocycles. The Kier molecular flexibility index (Phi) is 6.17. The van der Waals surface area contributed by atoms with Crippen molar-refractivity contribution >= 4 is 67.8 Å². The second-order valence-corrected chi connectivity index (χ2v) is 2.35. The molecule has 0 unspecified atom stereocenters. The third-order valence-electron chi connectivity index (χ3n) is 0.437. The summed E-state index contributed by atoms with van der Waals surface area (Å²) in [5.41, 5.74) is 0. The molecule has 0 aliphatic heterocycles. The molecule has 0 spiro atoms. The molecule has 0 aliphatic carbocycles. The van der Waals surface area contributed by atoms with Crippen molar-refractivity contribution in [2.45, 2.75) is 0 Å². The predicted octanol–water partition coefficient (Wildman–Crippen LogP) is -2.01. The van der Waals surface area contributed by atoms with Gasteiger partial charge >= 0.3 is 67.8 Å². The Labute approximate surface area is 99.5 Å². The van der Waals surface area contributed by atoms with E-state index >= 15 is 0 Å². The molecular formula is CH5KN2O5S. The van der Waals surface area contributed by atoms with Gasteiger partial charge in [-0.3, -0.25) is 4.55 Å². The number of carbonyl (C=O) groups is 1. The monoisotopic (exact) mass is 196 g/mol. The molecule has 56 valence electrons. The molecule has 0 aromatic carbocycles. The molecule has 4 N–H and O–H groups in total. The van der Waals surface area contributed by atoms with E-state index in [1.807, 2.05) is 0 Å². The Morgan fingerprint density at radius 2 is 1.80 bits per heavy atom. The molecule has 9 heteroatoms. The average molecular weight is 196 g/mol. The number of carboxylic acid groups (broad SMARTS) is 1. The first-order valence-corrected chi connectivity index (χ1v) is 3.00. The maximum atomic E-state index is 9.75. The molecule has 0 aromatic heterocycles. The van der Waals surface area contributed by atoms with Gasteiger partial charge in [0.25, 0.3) is 0 Å². The van der Waals surface area contributed by atoms with Crippen molar-refractivity contribution in [1.29, 1.82) is 0 Å². The second kappa shape index (κ2) is 4.61. The molecule has 0 aromatic rings. The zero-order chi connectivity index (χ0) is 7.65. The van der Waals surface area contributed by atoms with Gasteiger partial charge in [-0.25, -0.2) is 10.6 Å². The van der Waals surface area contributed by atoms with Crippen LogP contribution in [-0.4, -0.2) is 80.0 Å². The molecule has 0 aliphatic rings. The van der Waals surface area contributed by atoms with Crippen LogP contribution in [0.4, 0.5) is 4.79 Å². The van der Waals surface area contributed by atoms with E-state index in [0.29, 0.717) is 0 Å². The molecular weight excluding hydrogens is 191 g/mol. The summed E-state index contributed by atoms with van der Waals surface area (Å²) in [6, 6.07) is 0. The summed E-state index contributed by atoms with van der Waals surface area (Å²) in [5.74, 6) is 4.29. The van der Waals surface area contributed by atoms with E-state index in [1.54, 1.807) is 0 Å². The zero-order valence-corrected chi connectivity index (χ0v) is 4.87. The summed E-state index contributed by atoms with van der Waals surface area (Å²) in [6.45, 7) is 0. The summed E-state index contributed by atoms with van der Waals surface area (Å²) in [7, 11) is -4.79. The van der Waals surface area contributed by atoms with Crippen LogP contribution in [0, 0.1) is 0 Å². The Morgan fingerprint density at radius 3 is 1.80 bits per heavy atom. The number of hydrazine groups is 1. The minimum absolute atomic E-state index is 0. The van der Waals surface area contributed by atoms with Crippen LogP contribution in [0.3, 0.4) is 0 Å². The van der Waals surface area contributed by atoms with Crippen molar-refractivity contribution in [1.82, 2.24) is 4.41 Å². The van der Waals surface area contributed by atoms with Crippen molar-refractivity contribution in [3.8, 4) is 0 Å². The first-order valence-electron chi connectivity index (χ1n) is 1.61. The van der Waals surface area contributed by atoms with Gasteiger partial charge < -0.3 is 5.11 Å². The van der Waals surface area contributed by atoms with Gasteiger partial charge in [-0.05, 0) is 0 Å². The second-order valence-electron chi connectivity index (χ2n) is 1.06. The van der Waals surface area contributed by atoms with Crippen LogP contribution in [0.15, 0.2) is 0 Å². The Morgan fingerprint density at radius 1 is 1.50 bits per heavy atom. The number of hydrogen-bond acceptors (Lipinski definition) is 4. The van der Waals surface area contributed by atoms with Crippen molar-refractivity contribution < 1.29 is 22.9 Å². The van der Waals surface area contributed by atoms with Gasteiger partial charge in [-0.15, -0.1) is 4.41 Å². The van der Waals surface area contributed by atoms with Crippen molar-refractivity contribution in [2.75, 3.05) is 0 Å². The molecule has 0 atom stereocenters. The number of hydrogen-bond donors (Lipinski definition) is 3. The molecule has 0 saturated carbocycles. The van der Waals surface area contributed by atoms with Gasteiger partial charge in [0.05, 0.1) is 0 Å². The van der Waals surface area contributed by atoms with Crippen molar-refractivity contribution in [3.63, 3.8) is 0 Å². The van der Waals surface area contributed by atoms with Gasteiger partial charge in [-0.1, -0.05) is 0 Å². The van der Waals surface area contributed by atoms with E-state index in [1.165, 1.54) is 0 Å². The molecule has 0 bridgehead atoms. The first-order chi connectivity index (χ1) is 3.85. The Bertz CT molecular complexity index is 210. The van der Waals surface area contributed by atoms with Crippen LogP contribution in [-0.2, 0) is 10.3 Å². The molecule has 0 rings (SSSR count).